The second kappa shape index (κ2) is 4.98. The van der Waals surface area contributed by atoms with Crippen molar-refractivity contribution in [3.8, 4) is 0 Å². The van der Waals surface area contributed by atoms with Gasteiger partial charge >= 0.3 is 6.18 Å². The summed E-state index contributed by atoms with van der Waals surface area (Å²) in [4.78, 5) is 10.9. The standard InChI is InChI=1S/C10H11F3N2O/c11-10(12,13)8-3-1-2-4-9(8)15-6-7(16)5-14/h1-4,15H,5-6,14H2. The third-order valence-electron chi connectivity index (χ3n) is 1.94. The SMILES string of the molecule is NCC(=O)CNc1ccccc1C(F)(F)F. The average molecular weight is 232 g/mol. The van der Waals surface area contributed by atoms with Crippen molar-refractivity contribution in [2.75, 3.05) is 18.4 Å². The molecule has 1 rings (SSSR count). The van der Waals surface area contributed by atoms with Gasteiger partial charge in [-0.25, -0.2) is 0 Å². The van der Waals surface area contributed by atoms with E-state index in [1.165, 1.54) is 18.2 Å². The Labute approximate surface area is 90.4 Å². The van der Waals surface area contributed by atoms with Crippen LogP contribution in [0.2, 0.25) is 0 Å². The van der Waals surface area contributed by atoms with E-state index >= 15 is 0 Å². The number of hydrogen-bond acceptors (Lipinski definition) is 3. The number of hydrogen-bond donors (Lipinski definition) is 2. The largest absolute Gasteiger partial charge is 0.418 e. The van der Waals surface area contributed by atoms with E-state index in [-0.39, 0.29) is 24.6 Å². The van der Waals surface area contributed by atoms with Crippen LogP contribution >= 0.6 is 0 Å². The molecule has 0 aliphatic heterocycles. The van der Waals surface area contributed by atoms with Gasteiger partial charge < -0.3 is 11.1 Å². The Hall–Kier alpha value is -1.56. The topological polar surface area (TPSA) is 55.1 Å². The van der Waals surface area contributed by atoms with Gasteiger partial charge in [-0.15, -0.1) is 0 Å². The van der Waals surface area contributed by atoms with E-state index in [1.54, 1.807) is 0 Å². The first-order valence-corrected chi connectivity index (χ1v) is 4.57. The Morgan fingerprint density at radius 2 is 1.94 bits per heavy atom. The lowest BCUT2D eigenvalue weighted by molar-refractivity contribution is -0.137. The Balaban J connectivity index is 2.84. The number of nitrogens with one attached hydrogen (secondary N) is 1. The molecule has 0 aliphatic carbocycles. The summed E-state index contributed by atoms with van der Waals surface area (Å²) in [6, 6.07) is 4.98. The molecule has 0 aromatic heterocycles. The zero-order valence-electron chi connectivity index (χ0n) is 8.34. The molecule has 0 radical (unpaired) electrons. The van der Waals surface area contributed by atoms with Gasteiger partial charge in [0.05, 0.1) is 18.7 Å². The third kappa shape index (κ3) is 3.23. The van der Waals surface area contributed by atoms with Gasteiger partial charge in [0.25, 0.3) is 0 Å². The highest BCUT2D eigenvalue weighted by Gasteiger charge is 2.33. The van der Waals surface area contributed by atoms with Gasteiger partial charge in [-0.2, -0.15) is 13.2 Å². The highest BCUT2D eigenvalue weighted by atomic mass is 19.4. The van der Waals surface area contributed by atoms with Crippen LogP contribution in [-0.4, -0.2) is 18.9 Å². The zero-order chi connectivity index (χ0) is 12.2. The molecule has 0 aliphatic rings. The van der Waals surface area contributed by atoms with Gasteiger partial charge in [-0.05, 0) is 12.1 Å². The number of benzene rings is 1. The summed E-state index contributed by atoms with van der Waals surface area (Å²) in [6.45, 7) is -0.398. The fourth-order valence-corrected chi connectivity index (χ4v) is 1.15. The Kier molecular flexibility index (Phi) is 3.89. The molecule has 0 spiro atoms. The molecule has 0 atom stereocenters. The van der Waals surface area contributed by atoms with Crippen molar-refractivity contribution in [1.82, 2.24) is 0 Å². The maximum Gasteiger partial charge on any atom is 0.418 e. The maximum absolute atomic E-state index is 12.5. The number of anilines is 1. The molecule has 1 aromatic rings. The number of ketones is 1. The molecule has 3 N–H and O–H groups in total. The number of halogens is 3. The lowest BCUT2D eigenvalue weighted by atomic mass is 10.1. The third-order valence-corrected chi connectivity index (χ3v) is 1.94. The van der Waals surface area contributed by atoms with Crippen molar-refractivity contribution in [2.45, 2.75) is 6.18 Å². The molecular weight excluding hydrogens is 221 g/mol. The monoisotopic (exact) mass is 232 g/mol. The van der Waals surface area contributed by atoms with Crippen molar-refractivity contribution in [2.24, 2.45) is 5.73 Å². The summed E-state index contributed by atoms with van der Waals surface area (Å²) in [5.74, 6) is -0.350. The average Bonchev–Trinajstić information content (AvgIpc) is 2.25. The molecule has 0 saturated heterocycles. The van der Waals surface area contributed by atoms with E-state index in [1.807, 2.05) is 0 Å². The van der Waals surface area contributed by atoms with E-state index in [4.69, 9.17) is 5.73 Å². The summed E-state index contributed by atoms with van der Waals surface area (Å²) in [5, 5.41) is 2.42. The molecule has 0 bridgehead atoms. The van der Waals surface area contributed by atoms with Crippen LogP contribution in [0.25, 0.3) is 0 Å². The highest BCUT2D eigenvalue weighted by molar-refractivity contribution is 5.84. The van der Waals surface area contributed by atoms with Crippen molar-refractivity contribution in [3.05, 3.63) is 29.8 Å². The predicted octanol–water partition coefficient (Wildman–Crippen LogP) is 1.65. The first kappa shape index (κ1) is 12.5. The van der Waals surface area contributed by atoms with Crippen molar-refractivity contribution in [3.63, 3.8) is 0 Å². The molecular formula is C10H11F3N2O. The van der Waals surface area contributed by atoms with Crippen LogP contribution in [0.1, 0.15) is 5.56 Å². The Morgan fingerprint density at radius 1 is 1.31 bits per heavy atom. The van der Waals surface area contributed by atoms with Gasteiger partial charge in [-0.1, -0.05) is 12.1 Å². The van der Waals surface area contributed by atoms with Crippen molar-refractivity contribution >= 4 is 11.5 Å². The second-order valence-corrected chi connectivity index (χ2v) is 3.14. The fraction of sp³-hybridized carbons (Fsp3) is 0.300. The van der Waals surface area contributed by atoms with Crippen LogP contribution in [0, 0.1) is 0 Å². The summed E-state index contributed by atoms with van der Waals surface area (Å²) < 4.78 is 37.5. The molecule has 6 heteroatoms. The summed E-state index contributed by atoms with van der Waals surface area (Å²) in [5.41, 5.74) is 4.14. The first-order chi connectivity index (χ1) is 7.45. The van der Waals surface area contributed by atoms with E-state index in [0.29, 0.717) is 0 Å². The van der Waals surface area contributed by atoms with E-state index in [2.05, 4.69) is 5.32 Å². The second-order valence-electron chi connectivity index (χ2n) is 3.14. The van der Waals surface area contributed by atoms with Gasteiger partial charge in [0, 0.05) is 5.69 Å². The van der Waals surface area contributed by atoms with Gasteiger partial charge in [0.2, 0.25) is 0 Å². The predicted molar refractivity (Wildman–Crippen MR) is 54.0 cm³/mol. The van der Waals surface area contributed by atoms with Crippen LogP contribution in [0.5, 0.6) is 0 Å². The maximum atomic E-state index is 12.5. The molecule has 1 aromatic carbocycles. The quantitative estimate of drug-likeness (QED) is 0.829. The summed E-state index contributed by atoms with van der Waals surface area (Å²) in [7, 11) is 0. The first-order valence-electron chi connectivity index (χ1n) is 4.57. The van der Waals surface area contributed by atoms with E-state index in [0.717, 1.165) is 6.07 Å². The minimum Gasteiger partial charge on any atom is -0.377 e. The van der Waals surface area contributed by atoms with Gasteiger partial charge in [-0.3, -0.25) is 4.79 Å². The fourth-order valence-electron chi connectivity index (χ4n) is 1.15. The molecule has 88 valence electrons. The lowest BCUT2D eigenvalue weighted by Crippen LogP contribution is -2.23. The number of rotatable bonds is 4. The van der Waals surface area contributed by atoms with Gasteiger partial charge in [0.1, 0.15) is 0 Å². The molecule has 16 heavy (non-hydrogen) atoms. The normalized spacial score (nSPS) is 11.2. The minimum absolute atomic E-state index is 0.114. The van der Waals surface area contributed by atoms with E-state index in [9.17, 15) is 18.0 Å². The molecule has 0 fully saturated rings. The molecule has 0 heterocycles. The number of carbonyl (C=O) groups excluding carboxylic acids is 1. The summed E-state index contributed by atoms with van der Waals surface area (Å²) in [6.07, 6.45) is -4.44. The van der Waals surface area contributed by atoms with E-state index < -0.39 is 11.7 Å². The van der Waals surface area contributed by atoms with Crippen molar-refractivity contribution < 1.29 is 18.0 Å². The molecule has 0 amide bonds. The van der Waals surface area contributed by atoms with Crippen LogP contribution in [0.4, 0.5) is 18.9 Å². The van der Waals surface area contributed by atoms with Crippen molar-refractivity contribution in [1.29, 1.82) is 0 Å². The lowest BCUT2D eigenvalue weighted by Gasteiger charge is -2.13. The molecule has 0 saturated carbocycles. The van der Waals surface area contributed by atoms with Crippen LogP contribution in [-0.2, 0) is 11.0 Å². The van der Waals surface area contributed by atoms with Crippen LogP contribution in [0.15, 0.2) is 24.3 Å². The number of para-hydroxylation sites is 1. The Morgan fingerprint density at radius 3 is 2.50 bits per heavy atom. The zero-order valence-corrected chi connectivity index (χ0v) is 8.34. The number of nitrogens with two attached hydrogens (primary N) is 1. The van der Waals surface area contributed by atoms with Crippen LogP contribution in [0.3, 0.4) is 0 Å². The van der Waals surface area contributed by atoms with Gasteiger partial charge in [0.15, 0.2) is 5.78 Å². The highest BCUT2D eigenvalue weighted by Crippen LogP contribution is 2.34. The minimum atomic E-state index is -4.44. The smallest absolute Gasteiger partial charge is 0.377 e. The Bertz CT molecular complexity index is 377. The summed E-state index contributed by atoms with van der Waals surface area (Å²) >= 11 is 0. The number of Topliss-reactive ketones (excluding diaryl/α,β-unsaturated/α-hetero) is 1. The number of alkyl halides is 3. The molecule has 0 unspecified atom stereocenters. The number of carbonyl (C=O) groups is 1. The molecule has 3 nitrogen and oxygen atoms in total. The van der Waals surface area contributed by atoms with Crippen LogP contribution < -0.4 is 11.1 Å².